The van der Waals surface area contributed by atoms with Crippen LogP contribution in [0.2, 0.25) is 0 Å². The molecule has 0 bridgehead atoms. The van der Waals surface area contributed by atoms with Gasteiger partial charge < -0.3 is 10.3 Å². The molecule has 0 atom stereocenters. The van der Waals surface area contributed by atoms with Crippen molar-refractivity contribution in [3.63, 3.8) is 0 Å². The number of H-pyrrole nitrogens is 1. The highest BCUT2D eigenvalue weighted by Gasteiger charge is 2.32. The molecule has 0 saturated heterocycles. The summed E-state index contributed by atoms with van der Waals surface area (Å²) in [5.41, 5.74) is 0.987. The number of hydrogen-bond donors (Lipinski definition) is 2. The zero-order chi connectivity index (χ0) is 15.5. The van der Waals surface area contributed by atoms with Crippen molar-refractivity contribution < 1.29 is 4.79 Å². The van der Waals surface area contributed by atoms with E-state index in [0.29, 0.717) is 15.6 Å². The summed E-state index contributed by atoms with van der Waals surface area (Å²) in [6.45, 7) is 6.99. The average Bonchev–Trinajstić information content (AvgIpc) is 2.48. The molecule has 2 rings (SSSR count). The molecular weight excluding hydrogens is 280 g/mol. The number of carbonyl (C=O) groups is 1. The fourth-order valence-electron chi connectivity index (χ4n) is 3.17. The summed E-state index contributed by atoms with van der Waals surface area (Å²) >= 11 is 5.16. The molecule has 116 valence electrons. The third kappa shape index (κ3) is 3.94. The summed E-state index contributed by atoms with van der Waals surface area (Å²) in [7, 11) is 0. The van der Waals surface area contributed by atoms with Gasteiger partial charge >= 0.3 is 0 Å². The van der Waals surface area contributed by atoms with Crippen LogP contribution in [0.15, 0.2) is 18.3 Å². The van der Waals surface area contributed by atoms with Crippen molar-refractivity contribution in [1.82, 2.24) is 10.3 Å². The largest absolute Gasteiger partial charge is 0.352 e. The smallest absolute Gasteiger partial charge is 0.254 e. The molecule has 0 aliphatic heterocycles. The van der Waals surface area contributed by atoms with Gasteiger partial charge in [-0.05, 0) is 49.1 Å². The second-order valence-corrected chi connectivity index (χ2v) is 7.19. The van der Waals surface area contributed by atoms with Crippen LogP contribution < -0.4 is 5.32 Å². The van der Waals surface area contributed by atoms with Crippen molar-refractivity contribution in [3.8, 4) is 0 Å². The number of aromatic nitrogens is 1. The van der Waals surface area contributed by atoms with Gasteiger partial charge in [0, 0.05) is 12.2 Å². The molecule has 2 N–H and O–H groups in total. The van der Waals surface area contributed by atoms with E-state index in [1.807, 2.05) is 6.07 Å². The zero-order valence-electron chi connectivity index (χ0n) is 13.2. The number of nitrogens with one attached hydrogen (secondary N) is 2. The van der Waals surface area contributed by atoms with Gasteiger partial charge in [-0.2, -0.15) is 0 Å². The Hall–Kier alpha value is -1.16. The van der Waals surface area contributed by atoms with Gasteiger partial charge in [0.2, 0.25) is 0 Å². The Morgan fingerprint density at radius 1 is 1.38 bits per heavy atom. The molecule has 1 saturated carbocycles. The molecule has 1 amide bonds. The third-order valence-electron chi connectivity index (χ3n) is 5.14. The molecule has 1 aliphatic carbocycles. The molecule has 0 spiro atoms. The lowest BCUT2D eigenvalue weighted by Gasteiger charge is -2.39. The summed E-state index contributed by atoms with van der Waals surface area (Å²) in [6.07, 6.45) is 7.51. The molecule has 1 heterocycles. The van der Waals surface area contributed by atoms with Gasteiger partial charge in [0.25, 0.3) is 5.91 Å². The van der Waals surface area contributed by atoms with Crippen molar-refractivity contribution >= 4 is 18.1 Å². The minimum absolute atomic E-state index is 0.0462. The first-order chi connectivity index (χ1) is 9.94. The van der Waals surface area contributed by atoms with Crippen LogP contribution in [0, 0.1) is 16.0 Å². The minimum atomic E-state index is -0.0462. The Bertz CT molecular complexity index is 542. The van der Waals surface area contributed by atoms with Crippen LogP contribution in [-0.4, -0.2) is 16.9 Å². The van der Waals surface area contributed by atoms with Crippen molar-refractivity contribution in [2.75, 3.05) is 0 Å². The number of rotatable bonds is 4. The molecule has 21 heavy (non-hydrogen) atoms. The van der Waals surface area contributed by atoms with Gasteiger partial charge in [0.15, 0.2) is 0 Å². The lowest BCUT2D eigenvalue weighted by Crippen LogP contribution is -2.40. The highest BCUT2D eigenvalue weighted by Crippen LogP contribution is 2.40. The van der Waals surface area contributed by atoms with Crippen molar-refractivity contribution in [2.45, 2.75) is 58.9 Å². The van der Waals surface area contributed by atoms with Gasteiger partial charge in [-0.1, -0.05) is 39.4 Å². The van der Waals surface area contributed by atoms with E-state index in [1.165, 1.54) is 19.3 Å². The van der Waals surface area contributed by atoms with Crippen molar-refractivity contribution in [3.05, 3.63) is 28.5 Å². The summed E-state index contributed by atoms with van der Waals surface area (Å²) in [6, 6.07) is 3.88. The standard InChI is InChI=1S/C17H26N2OS/c1-4-17(2,3)12-7-9-13(10-8-12)19-15(20)14-6-5-11-18-16(14)21/h5-6,11-13H,4,7-10H2,1-3H3,(H,18,21)(H,19,20). The number of carbonyl (C=O) groups excluding carboxylic acids is 1. The van der Waals surface area contributed by atoms with Crippen LogP contribution in [0.4, 0.5) is 0 Å². The van der Waals surface area contributed by atoms with Crippen LogP contribution in [0.25, 0.3) is 0 Å². The maximum Gasteiger partial charge on any atom is 0.254 e. The molecule has 3 nitrogen and oxygen atoms in total. The van der Waals surface area contributed by atoms with E-state index >= 15 is 0 Å². The maximum absolute atomic E-state index is 12.3. The Kier molecular flexibility index (Phi) is 5.20. The monoisotopic (exact) mass is 306 g/mol. The molecule has 0 unspecified atom stereocenters. The fourth-order valence-corrected chi connectivity index (χ4v) is 3.40. The third-order valence-corrected chi connectivity index (χ3v) is 5.48. The molecule has 0 radical (unpaired) electrons. The van der Waals surface area contributed by atoms with E-state index in [0.717, 1.165) is 18.8 Å². The molecule has 4 heteroatoms. The average molecular weight is 306 g/mol. The van der Waals surface area contributed by atoms with Crippen LogP contribution in [0.1, 0.15) is 63.2 Å². The molecule has 1 aromatic rings. The predicted octanol–water partition coefficient (Wildman–Crippen LogP) is 4.47. The highest BCUT2D eigenvalue weighted by molar-refractivity contribution is 7.71. The SMILES string of the molecule is CCC(C)(C)C1CCC(NC(=O)c2ccc[nH]c2=S)CC1. The van der Waals surface area contributed by atoms with E-state index in [2.05, 4.69) is 31.1 Å². The van der Waals surface area contributed by atoms with E-state index in [-0.39, 0.29) is 11.9 Å². The van der Waals surface area contributed by atoms with E-state index < -0.39 is 0 Å². The Labute approximate surface area is 132 Å². The van der Waals surface area contributed by atoms with Crippen molar-refractivity contribution in [1.29, 1.82) is 0 Å². The Morgan fingerprint density at radius 2 is 2.05 bits per heavy atom. The minimum Gasteiger partial charge on any atom is -0.352 e. The summed E-state index contributed by atoms with van der Waals surface area (Å²) < 4.78 is 0.510. The first kappa shape index (κ1) is 16.2. The topological polar surface area (TPSA) is 44.9 Å². The quantitative estimate of drug-likeness (QED) is 0.806. The lowest BCUT2D eigenvalue weighted by molar-refractivity contribution is 0.0892. The molecular formula is C17H26N2OS. The summed E-state index contributed by atoms with van der Waals surface area (Å²) in [5, 5.41) is 3.14. The van der Waals surface area contributed by atoms with Gasteiger partial charge in [0.05, 0.1) is 5.56 Å². The zero-order valence-corrected chi connectivity index (χ0v) is 14.1. The van der Waals surface area contributed by atoms with Gasteiger partial charge in [-0.15, -0.1) is 0 Å². The summed E-state index contributed by atoms with van der Waals surface area (Å²) in [4.78, 5) is 15.2. The number of pyridine rings is 1. The van der Waals surface area contributed by atoms with Crippen LogP contribution in [0.3, 0.4) is 0 Å². The van der Waals surface area contributed by atoms with Gasteiger partial charge in [-0.25, -0.2) is 0 Å². The summed E-state index contributed by atoms with van der Waals surface area (Å²) in [5.74, 6) is 0.727. The van der Waals surface area contributed by atoms with Crippen LogP contribution in [-0.2, 0) is 0 Å². The predicted molar refractivity (Wildman–Crippen MR) is 88.9 cm³/mol. The van der Waals surface area contributed by atoms with Gasteiger partial charge in [0.1, 0.15) is 4.64 Å². The normalized spacial score (nSPS) is 22.8. The molecule has 0 aromatic carbocycles. The second kappa shape index (κ2) is 6.73. The van der Waals surface area contributed by atoms with Crippen LogP contribution in [0.5, 0.6) is 0 Å². The van der Waals surface area contributed by atoms with E-state index in [1.54, 1.807) is 12.3 Å². The van der Waals surface area contributed by atoms with Crippen molar-refractivity contribution in [2.24, 2.45) is 11.3 Å². The Morgan fingerprint density at radius 3 is 2.62 bits per heavy atom. The number of hydrogen-bond acceptors (Lipinski definition) is 2. The van der Waals surface area contributed by atoms with Gasteiger partial charge in [-0.3, -0.25) is 4.79 Å². The number of aromatic amines is 1. The van der Waals surface area contributed by atoms with E-state index in [9.17, 15) is 4.79 Å². The maximum atomic E-state index is 12.3. The first-order valence-electron chi connectivity index (χ1n) is 7.92. The molecule has 1 aliphatic rings. The fraction of sp³-hybridized carbons (Fsp3) is 0.647. The molecule has 1 aromatic heterocycles. The Balaban J connectivity index is 1.91. The first-order valence-corrected chi connectivity index (χ1v) is 8.33. The van der Waals surface area contributed by atoms with Crippen LogP contribution >= 0.6 is 12.2 Å². The highest BCUT2D eigenvalue weighted by atomic mass is 32.1. The second-order valence-electron chi connectivity index (χ2n) is 6.78. The van der Waals surface area contributed by atoms with E-state index in [4.69, 9.17) is 12.2 Å². The molecule has 1 fully saturated rings. The number of amides is 1. The lowest BCUT2D eigenvalue weighted by atomic mass is 9.69.